The van der Waals surface area contributed by atoms with Crippen LogP contribution in [0.15, 0.2) is 32.5 Å². The summed E-state index contributed by atoms with van der Waals surface area (Å²) in [5.74, 6) is 0. The van der Waals surface area contributed by atoms with Gasteiger partial charge in [0.05, 0.1) is 9.35 Å². The lowest BCUT2D eigenvalue weighted by Crippen LogP contribution is -2.12. The summed E-state index contributed by atoms with van der Waals surface area (Å²) in [6.45, 7) is 1.82. The Bertz CT molecular complexity index is 618. The molecule has 1 aromatic carbocycles. The van der Waals surface area contributed by atoms with Crippen molar-refractivity contribution in [1.29, 1.82) is 0 Å². The van der Waals surface area contributed by atoms with E-state index in [1.54, 1.807) is 6.07 Å². The van der Waals surface area contributed by atoms with Gasteiger partial charge in [-0.2, -0.15) is 13.2 Å². The minimum atomic E-state index is -4.51. The zero-order chi connectivity index (χ0) is 15.1. The third-order valence-corrected chi connectivity index (χ3v) is 5.44. The number of rotatable bonds is 2. The molecule has 1 unspecified atom stereocenters. The van der Waals surface area contributed by atoms with E-state index < -0.39 is 17.8 Å². The smallest absolute Gasteiger partial charge is 0.383 e. The lowest BCUT2D eigenvalue weighted by Gasteiger charge is -2.17. The number of aliphatic hydroxyl groups is 1. The fourth-order valence-corrected chi connectivity index (χ4v) is 3.72. The van der Waals surface area contributed by atoms with Gasteiger partial charge in [0.15, 0.2) is 0 Å². The van der Waals surface area contributed by atoms with Gasteiger partial charge in [-0.25, -0.2) is 0 Å². The summed E-state index contributed by atoms with van der Waals surface area (Å²) in [7, 11) is 0. The molecule has 1 heterocycles. The maximum atomic E-state index is 13.1. The second-order valence-electron chi connectivity index (χ2n) is 4.24. The molecular weight excluding hydrogens is 421 g/mol. The van der Waals surface area contributed by atoms with Gasteiger partial charge < -0.3 is 5.11 Å². The van der Waals surface area contributed by atoms with E-state index >= 15 is 0 Å². The predicted octanol–water partition coefficient (Wildman–Crippen LogP) is 5.68. The van der Waals surface area contributed by atoms with E-state index in [4.69, 9.17) is 0 Å². The third-order valence-electron chi connectivity index (χ3n) is 2.76. The SMILES string of the molecule is Cc1cc(C(O)c2ccc(Br)cc2C(F)(F)F)sc1Br. The number of hydrogen-bond acceptors (Lipinski definition) is 2. The minimum Gasteiger partial charge on any atom is -0.383 e. The standard InChI is InChI=1S/C13H9Br2F3OS/c1-6-4-10(20-12(6)15)11(19)8-3-2-7(14)5-9(8)13(16,17)18/h2-5,11,19H,1H3. The molecule has 20 heavy (non-hydrogen) atoms. The first kappa shape index (κ1) is 16.0. The first-order chi connectivity index (χ1) is 9.20. The highest BCUT2D eigenvalue weighted by Gasteiger charge is 2.35. The fraction of sp³-hybridized carbons (Fsp3) is 0.231. The molecule has 0 aliphatic rings. The number of aliphatic hydroxyl groups excluding tert-OH is 1. The van der Waals surface area contributed by atoms with Crippen molar-refractivity contribution in [3.8, 4) is 0 Å². The molecular formula is C13H9Br2F3OS. The van der Waals surface area contributed by atoms with Gasteiger partial charge in [0.25, 0.3) is 0 Å². The Morgan fingerprint density at radius 3 is 2.35 bits per heavy atom. The Kier molecular flexibility index (Phi) is 4.63. The summed E-state index contributed by atoms with van der Waals surface area (Å²) in [6, 6.07) is 5.44. The Hall–Kier alpha value is -0.370. The van der Waals surface area contributed by atoms with Crippen LogP contribution in [0.5, 0.6) is 0 Å². The van der Waals surface area contributed by atoms with Crippen molar-refractivity contribution in [3.63, 3.8) is 0 Å². The second-order valence-corrected chi connectivity index (χ2v) is 7.55. The molecule has 1 N–H and O–H groups in total. The van der Waals surface area contributed by atoms with Gasteiger partial charge in [0.1, 0.15) is 6.10 Å². The van der Waals surface area contributed by atoms with Gasteiger partial charge in [0.2, 0.25) is 0 Å². The molecule has 0 saturated carbocycles. The minimum absolute atomic E-state index is 0.144. The lowest BCUT2D eigenvalue weighted by atomic mass is 10.0. The molecule has 0 fully saturated rings. The normalized spacial score (nSPS) is 13.6. The molecule has 108 valence electrons. The number of benzene rings is 1. The van der Waals surface area contributed by atoms with Crippen molar-refractivity contribution in [3.05, 3.63) is 54.1 Å². The van der Waals surface area contributed by atoms with E-state index in [0.717, 1.165) is 15.4 Å². The van der Waals surface area contributed by atoms with Crippen molar-refractivity contribution in [2.75, 3.05) is 0 Å². The molecule has 1 nitrogen and oxygen atoms in total. The molecule has 0 aliphatic heterocycles. The van der Waals surface area contributed by atoms with Crippen LogP contribution >= 0.6 is 43.2 Å². The monoisotopic (exact) mass is 428 g/mol. The van der Waals surface area contributed by atoms with E-state index in [9.17, 15) is 18.3 Å². The van der Waals surface area contributed by atoms with Crippen LogP contribution in [0.25, 0.3) is 0 Å². The molecule has 7 heteroatoms. The summed E-state index contributed by atoms with van der Waals surface area (Å²) >= 11 is 7.56. The van der Waals surface area contributed by atoms with Gasteiger partial charge >= 0.3 is 6.18 Å². The first-order valence-electron chi connectivity index (χ1n) is 5.50. The molecule has 2 rings (SSSR count). The molecule has 2 aromatic rings. The van der Waals surface area contributed by atoms with Gasteiger partial charge in [-0.05, 0) is 52.2 Å². The molecule has 0 aliphatic carbocycles. The van der Waals surface area contributed by atoms with Crippen molar-refractivity contribution in [2.45, 2.75) is 19.2 Å². The number of halogens is 5. The van der Waals surface area contributed by atoms with Crippen molar-refractivity contribution >= 4 is 43.2 Å². The molecule has 0 amide bonds. The van der Waals surface area contributed by atoms with Crippen LogP contribution in [0.3, 0.4) is 0 Å². The fourth-order valence-electron chi connectivity index (χ4n) is 1.78. The van der Waals surface area contributed by atoms with Crippen LogP contribution < -0.4 is 0 Å². The zero-order valence-corrected chi connectivity index (χ0v) is 14.1. The quantitative estimate of drug-likeness (QED) is 0.650. The van der Waals surface area contributed by atoms with E-state index in [1.807, 2.05) is 6.92 Å². The number of hydrogen-bond donors (Lipinski definition) is 1. The predicted molar refractivity (Wildman–Crippen MR) is 80.0 cm³/mol. The van der Waals surface area contributed by atoms with Crippen molar-refractivity contribution < 1.29 is 18.3 Å². The maximum Gasteiger partial charge on any atom is 0.416 e. The topological polar surface area (TPSA) is 20.2 Å². The van der Waals surface area contributed by atoms with E-state index in [1.165, 1.54) is 23.5 Å². The zero-order valence-electron chi connectivity index (χ0n) is 10.1. The highest BCUT2D eigenvalue weighted by molar-refractivity contribution is 9.11. The van der Waals surface area contributed by atoms with Gasteiger partial charge in [-0.1, -0.05) is 22.0 Å². The largest absolute Gasteiger partial charge is 0.416 e. The van der Waals surface area contributed by atoms with Crippen molar-refractivity contribution in [2.24, 2.45) is 0 Å². The average molecular weight is 430 g/mol. The van der Waals surface area contributed by atoms with Crippen LogP contribution in [0.2, 0.25) is 0 Å². The summed E-state index contributed by atoms with van der Waals surface area (Å²) in [4.78, 5) is 0.474. The summed E-state index contributed by atoms with van der Waals surface area (Å²) in [5, 5.41) is 10.2. The summed E-state index contributed by atoms with van der Waals surface area (Å²) in [6.07, 6.45) is -5.81. The Balaban J connectivity index is 2.52. The first-order valence-corrected chi connectivity index (χ1v) is 7.91. The summed E-state index contributed by atoms with van der Waals surface area (Å²) < 4.78 is 40.3. The molecule has 0 spiro atoms. The van der Waals surface area contributed by atoms with E-state index in [-0.39, 0.29) is 5.56 Å². The molecule has 1 aromatic heterocycles. The highest BCUT2D eigenvalue weighted by Crippen LogP contribution is 2.40. The lowest BCUT2D eigenvalue weighted by molar-refractivity contribution is -0.139. The molecule has 0 saturated heterocycles. The molecule has 0 radical (unpaired) electrons. The van der Waals surface area contributed by atoms with E-state index in [2.05, 4.69) is 31.9 Å². The average Bonchev–Trinajstić information content (AvgIpc) is 2.67. The summed E-state index contributed by atoms with van der Waals surface area (Å²) in [5.41, 5.74) is -0.0919. The van der Waals surface area contributed by atoms with E-state index in [0.29, 0.717) is 9.35 Å². The molecule has 1 atom stereocenters. The third kappa shape index (κ3) is 3.27. The number of thiophene rings is 1. The van der Waals surface area contributed by atoms with Crippen LogP contribution in [0, 0.1) is 6.92 Å². The van der Waals surface area contributed by atoms with Crippen molar-refractivity contribution in [1.82, 2.24) is 0 Å². The molecule has 0 bridgehead atoms. The maximum absolute atomic E-state index is 13.1. The number of aryl methyl sites for hydroxylation is 1. The Labute approximate surface area is 134 Å². The van der Waals surface area contributed by atoms with Gasteiger partial charge in [-0.3, -0.25) is 0 Å². The van der Waals surface area contributed by atoms with Crippen LogP contribution in [0.1, 0.15) is 27.7 Å². The van der Waals surface area contributed by atoms with Crippen LogP contribution in [-0.2, 0) is 6.18 Å². The Morgan fingerprint density at radius 2 is 1.85 bits per heavy atom. The Morgan fingerprint density at radius 1 is 1.20 bits per heavy atom. The second kappa shape index (κ2) is 5.79. The van der Waals surface area contributed by atoms with Gasteiger partial charge in [0, 0.05) is 9.35 Å². The van der Waals surface area contributed by atoms with Gasteiger partial charge in [-0.15, -0.1) is 11.3 Å². The highest BCUT2D eigenvalue weighted by atomic mass is 79.9. The number of alkyl halides is 3. The van der Waals surface area contributed by atoms with Crippen LogP contribution in [0.4, 0.5) is 13.2 Å². The van der Waals surface area contributed by atoms with Crippen LogP contribution in [-0.4, -0.2) is 5.11 Å².